The number of hydrogen-bond donors (Lipinski definition) is 0. The normalized spacial score (nSPS) is 10.7. The Hall–Kier alpha value is -1.35. The molecule has 72 valence electrons. The van der Waals surface area contributed by atoms with Crippen LogP contribution in [0.3, 0.4) is 0 Å². The summed E-state index contributed by atoms with van der Waals surface area (Å²) in [5.74, 6) is -0.308. The maximum absolute atomic E-state index is 11.2. The lowest BCUT2D eigenvalue weighted by molar-refractivity contribution is 0.0986. The summed E-state index contributed by atoms with van der Waals surface area (Å²) >= 11 is 5.40. The highest BCUT2D eigenvalue weighted by molar-refractivity contribution is 6.29. The molecule has 0 amide bonds. The number of carbonyl (C=O) groups is 1. The molecule has 0 fully saturated rings. The molecular formula is C10H8ClNO2. The molecule has 0 aliphatic carbocycles. The van der Waals surface area contributed by atoms with Gasteiger partial charge in [-0.3, -0.25) is 4.79 Å². The van der Waals surface area contributed by atoms with Gasteiger partial charge in [-0.15, -0.1) is 11.6 Å². The van der Waals surface area contributed by atoms with E-state index in [1.807, 2.05) is 19.1 Å². The molecule has 14 heavy (non-hydrogen) atoms. The van der Waals surface area contributed by atoms with Crippen molar-refractivity contribution in [2.45, 2.75) is 6.92 Å². The number of ketones is 1. The Bertz CT molecular complexity index is 490. The van der Waals surface area contributed by atoms with Crippen LogP contribution in [-0.4, -0.2) is 16.6 Å². The van der Waals surface area contributed by atoms with E-state index in [9.17, 15) is 4.79 Å². The third kappa shape index (κ3) is 1.40. The highest BCUT2D eigenvalue weighted by Crippen LogP contribution is 2.19. The Labute approximate surface area is 85.7 Å². The van der Waals surface area contributed by atoms with Gasteiger partial charge in [0.25, 0.3) is 5.89 Å². The predicted octanol–water partition coefficient (Wildman–Crippen LogP) is 2.56. The van der Waals surface area contributed by atoms with Gasteiger partial charge in [0.1, 0.15) is 5.52 Å². The summed E-state index contributed by atoms with van der Waals surface area (Å²) in [6.45, 7) is 1.92. The number of halogens is 1. The maximum atomic E-state index is 11.2. The first-order valence-electron chi connectivity index (χ1n) is 4.17. The first kappa shape index (κ1) is 9.21. The number of alkyl halides is 1. The van der Waals surface area contributed by atoms with Gasteiger partial charge in [-0.2, -0.15) is 0 Å². The summed E-state index contributed by atoms with van der Waals surface area (Å²) in [6.07, 6.45) is 0. The van der Waals surface area contributed by atoms with E-state index >= 15 is 0 Å². The van der Waals surface area contributed by atoms with Crippen molar-refractivity contribution in [1.82, 2.24) is 4.98 Å². The van der Waals surface area contributed by atoms with Gasteiger partial charge < -0.3 is 4.42 Å². The number of aryl methyl sites for hydroxylation is 1. The van der Waals surface area contributed by atoms with Crippen LogP contribution in [0.1, 0.15) is 16.2 Å². The molecule has 0 spiro atoms. The van der Waals surface area contributed by atoms with Crippen LogP contribution in [0.2, 0.25) is 0 Å². The summed E-state index contributed by atoms with van der Waals surface area (Å²) in [5.41, 5.74) is 2.33. The first-order valence-corrected chi connectivity index (χ1v) is 4.71. The van der Waals surface area contributed by atoms with E-state index in [0.717, 1.165) is 11.1 Å². The molecule has 4 heteroatoms. The second-order valence-corrected chi connectivity index (χ2v) is 3.26. The molecule has 0 saturated heterocycles. The molecule has 1 aromatic carbocycles. The van der Waals surface area contributed by atoms with Crippen molar-refractivity contribution in [2.75, 3.05) is 5.88 Å². The molecule has 0 unspecified atom stereocenters. The smallest absolute Gasteiger partial charge is 0.265 e. The van der Waals surface area contributed by atoms with Crippen LogP contribution in [0.5, 0.6) is 0 Å². The molecule has 1 heterocycles. The number of carbonyl (C=O) groups excluding carboxylic acids is 1. The minimum absolute atomic E-state index is 0.0873. The molecule has 1 aromatic heterocycles. The van der Waals surface area contributed by atoms with E-state index in [1.165, 1.54) is 0 Å². The number of aromatic nitrogens is 1. The maximum Gasteiger partial charge on any atom is 0.265 e. The van der Waals surface area contributed by atoms with Crippen LogP contribution in [0.4, 0.5) is 0 Å². The molecular weight excluding hydrogens is 202 g/mol. The average Bonchev–Trinajstić information content (AvgIpc) is 2.62. The summed E-state index contributed by atoms with van der Waals surface area (Å²) in [5, 5.41) is 0. The molecule has 0 aliphatic heterocycles. The molecule has 2 rings (SSSR count). The lowest BCUT2D eigenvalue weighted by atomic mass is 10.2. The standard InChI is InChI=1S/C10H8ClNO2/c1-6-3-2-4-8-9(6)12-10(14-8)7(13)5-11/h2-4H,5H2,1H3. The van der Waals surface area contributed by atoms with E-state index in [-0.39, 0.29) is 17.6 Å². The summed E-state index contributed by atoms with van der Waals surface area (Å²) in [7, 11) is 0. The fourth-order valence-electron chi connectivity index (χ4n) is 1.26. The quantitative estimate of drug-likeness (QED) is 0.564. The number of benzene rings is 1. The number of oxazole rings is 1. The van der Waals surface area contributed by atoms with Crippen molar-refractivity contribution < 1.29 is 9.21 Å². The average molecular weight is 210 g/mol. The molecule has 0 bridgehead atoms. The fraction of sp³-hybridized carbons (Fsp3) is 0.200. The number of para-hydroxylation sites is 1. The molecule has 3 nitrogen and oxygen atoms in total. The zero-order chi connectivity index (χ0) is 10.1. The summed E-state index contributed by atoms with van der Waals surface area (Å²) < 4.78 is 5.26. The Morgan fingerprint density at radius 3 is 3.00 bits per heavy atom. The second-order valence-electron chi connectivity index (χ2n) is 3.00. The van der Waals surface area contributed by atoms with E-state index < -0.39 is 0 Å². The van der Waals surface area contributed by atoms with Crippen LogP contribution >= 0.6 is 11.6 Å². The van der Waals surface area contributed by atoms with Crippen LogP contribution in [0.25, 0.3) is 11.1 Å². The van der Waals surface area contributed by atoms with Gasteiger partial charge in [0.15, 0.2) is 5.58 Å². The van der Waals surface area contributed by atoms with Gasteiger partial charge in [0.05, 0.1) is 5.88 Å². The van der Waals surface area contributed by atoms with Crippen molar-refractivity contribution in [3.63, 3.8) is 0 Å². The zero-order valence-corrected chi connectivity index (χ0v) is 8.34. The van der Waals surface area contributed by atoms with Gasteiger partial charge in [-0.25, -0.2) is 4.98 Å². The highest BCUT2D eigenvalue weighted by Gasteiger charge is 2.13. The SMILES string of the molecule is Cc1cccc2oc(C(=O)CCl)nc12. The zero-order valence-electron chi connectivity index (χ0n) is 7.58. The monoisotopic (exact) mass is 209 g/mol. The van der Waals surface area contributed by atoms with Gasteiger partial charge in [-0.1, -0.05) is 12.1 Å². The molecule has 2 aromatic rings. The van der Waals surface area contributed by atoms with E-state index in [1.54, 1.807) is 6.07 Å². The Balaban J connectivity index is 2.62. The summed E-state index contributed by atoms with van der Waals surface area (Å²) in [4.78, 5) is 15.3. The van der Waals surface area contributed by atoms with Crippen molar-refractivity contribution >= 4 is 28.5 Å². The van der Waals surface area contributed by atoms with Crippen LogP contribution in [0.15, 0.2) is 22.6 Å². The highest BCUT2D eigenvalue weighted by atomic mass is 35.5. The van der Waals surface area contributed by atoms with Gasteiger partial charge in [0.2, 0.25) is 5.78 Å². The molecule has 0 saturated carbocycles. The Kier molecular flexibility index (Phi) is 2.25. The van der Waals surface area contributed by atoms with E-state index in [2.05, 4.69) is 4.98 Å². The molecule has 0 atom stereocenters. The van der Waals surface area contributed by atoms with Gasteiger partial charge >= 0.3 is 0 Å². The lowest BCUT2D eigenvalue weighted by Gasteiger charge is -1.88. The van der Waals surface area contributed by atoms with Gasteiger partial charge in [-0.05, 0) is 18.6 Å². The van der Waals surface area contributed by atoms with Crippen molar-refractivity contribution in [1.29, 1.82) is 0 Å². The fourth-order valence-corrected chi connectivity index (χ4v) is 1.38. The topological polar surface area (TPSA) is 43.1 Å². The Morgan fingerprint density at radius 1 is 1.57 bits per heavy atom. The second kappa shape index (κ2) is 3.42. The van der Waals surface area contributed by atoms with Crippen LogP contribution in [0, 0.1) is 6.92 Å². The van der Waals surface area contributed by atoms with Crippen molar-refractivity contribution in [2.24, 2.45) is 0 Å². The third-order valence-corrected chi connectivity index (χ3v) is 2.22. The number of Topliss-reactive ketones (excluding diaryl/α,β-unsaturated/α-hetero) is 1. The lowest BCUT2D eigenvalue weighted by Crippen LogP contribution is -1.99. The van der Waals surface area contributed by atoms with Crippen LogP contribution < -0.4 is 0 Å². The molecule has 0 radical (unpaired) electrons. The van der Waals surface area contributed by atoms with Gasteiger partial charge in [0, 0.05) is 0 Å². The largest absolute Gasteiger partial charge is 0.434 e. The van der Waals surface area contributed by atoms with Crippen LogP contribution in [-0.2, 0) is 0 Å². The van der Waals surface area contributed by atoms with E-state index in [4.69, 9.17) is 16.0 Å². The Morgan fingerprint density at radius 2 is 2.36 bits per heavy atom. The van der Waals surface area contributed by atoms with Crippen molar-refractivity contribution in [3.05, 3.63) is 29.7 Å². The summed E-state index contributed by atoms with van der Waals surface area (Å²) in [6, 6.07) is 5.55. The molecule has 0 N–H and O–H groups in total. The molecule has 0 aliphatic rings. The van der Waals surface area contributed by atoms with Crippen molar-refractivity contribution in [3.8, 4) is 0 Å². The van der Waals surface area contributed by atoms with E-state index in [0.29, 0.717) is 5.58 Å². The number of nitrogens with zero attached hydrogens (tertiary/aromatic N) is 1. The number of hydrogen-bond acceptors (Lipinski definition) is 3. The number of rotatable bonds is 2. The minimum Gasteiger partial charge on any atom is -0.434 e. The first-order chi connectivity index (χ1) is 6.72. The third-order valence-electron chi connectivity index (χ3n) is 1.98. The number of fused-ring (bicyclic) bond motifs is 1. The predicted molar refractivity (Wildman–Crippen MR) is 53.8 cm³/mol. The minimum atomic E-state index is -0.290.